The van der Waals surface area contributed by atoms with Crippen molar-refractivity contribution in [1.82, 2.24) is 15.5 Å². The molecule has 0 aromatic heterocycles. The van der Waals surface area contributed by atoms with Crippen molar-refractivity contribution in [3.63, 3.8) is 0 Å². The molecule has 1 atom stereocenters. The summed E-state index contributed by atoms with van der Waals surface area (Å²) in [4.78, 5) is 19.0. The quantitative estimate of drug-likeness (QED) is 0.369. The van der Waals surface area contributed by atoms with Crippen molar-refractivity contribution in [2.24, 2.45) is 10.9 Å². The van der Waals surface area contributed by atoms with Crippen LogP contribution in [0.25, 0.3) is 0 Å². The minimum Gasteiger partial charge on any atom is -0.356 e. The number of benzene rings is 1. The van der Waals surface area contributed by atoms with Gasteiger partial charge in [0.1, 0.15) is 5.82 Å². The molecule has 2 N–H and O–H groups in total. The van der Waals surface area contributed by atoms with Crippen LogP contribution in [0.15, 0.2) is 29.3 Å². The monoisotopic (exact) mass is 502 g/mol. The number of aliphatic imine (C=N–C) groups is 1. The van der Waals surface area contributed by atoms with Crippen molar-refractivity contribution in [2.45, 2.75) is 51.0 Å². The lowest BCUT2D eigenvalue weighted by Gasteiger charge is -2.26. The summed E-state index contributed by atoms with van der Waals surface area (Å²) in [6, 6.07) is 6.90. The van der Waals surface area contributed by atoms with Crippen LogP contribution in [-0.4, -0.2) is 49.5 Å². The Morgan fingerprint density at radius 2 is 2.04 bits per heavy atom. The van der Waals surface area contributed by atoms with Gasteiger partial charge in [0.05, 0.1) is 0 Å². The molecule has 1 amide bonds. The average Bonchev–Trinajstić information content (AvgIpc) is 3.16. The Bertz CT molecular complexity index is 664. The predicted molar refractivity (Wildman–Crippen MR) is 122 cm³/mol. The topological polar surface area (TPSA) is 56.7 Å². The molecule has 5 nitrogen and oxygen atoms in total. The van der Waals surface area contributed by atoms with Crippen LogP contribution < -0.4 is 10.6 Å². The molecule has 2 aliphatic rings. The first-order valence-corrected chi connectivity index (χ1v) is 10.2. The molecule has 1 heterocycles. The third-order valence-corrected chi connectivity index (χ3v) is 5.61. The normalized spacial score (nSPS) is 20.6. The van der Waals surface area contributed by atoms with E-state index in [1.807, 2.05) is 11.0 Å². The lowest BCUT2D eigenvalue weighted by atomic mass is 9.88. The van der Waals surface area contributed by atoms with Gasteiger partial charge in [0.15, 0.2) is 5.96 Å². The number of nitrogens with one attached hydrogen (secondary N) is 2. The van der Waals surface area contributed by atoms with Gasteiger partial charge in [-0.3, -0.25) is 9.79 Å². The van der Waals surface area contributed by atoms with Gasteiger partial charge in [-0.2, -0.15) is 0 Å². The van der Waals surface area contributed by atoms with E-state index < -0.39 is 0 Å². The van der Waals surface area contributed by atoms with Crippen LogP contribution in [0.1, 0.15) is 44.1 Å². The van der Waals surface area contributed by atoms with Crippen molar-refractivity contribution < 1.29 is 9.18 Å². The summed E-state index contributed by atoms with van der Waals surface area (Å²) in [5, 5.41) is 6.71. The highest BCUT2D eigenvalue weighted by Gasteiger charge is 2.31. The second-order valence-corrected chi connectivity index (χ2v) is 7.63. The number of carbonyl (C=O) groups is 1. The van der Waals surface area contributed by atoms with Gasteiger partial charge < -0.3 is 15.5 Å². The predicted octanol–water partition coefficient (Wildman–Crippen LogP) is 3.33. The summed E-state index contributed by atoms with van der Waals surface area (Å²) in [7, 11) is 1.75. The maximum absolute atomic E-state index is 13.2. The molecule has 156 valence electrons. The molecular formula is C21H32FIN4O. The number of halogens is 2. The van der Waals surface area contributed by atoms with E-state index in [0.29, 0.717) is 12.5 Å². The van der Waals surface area contributed by atoms with Gasteiger partial charge >= 0.3 is 0 Å². The highest BCUT2D eigenvalue weighted by molar-refractivity contribution is 14.0. The van der Waals surface area contributed by atoms with Crippen molar-refractivity contribution in [3.8, 4) is 0 Å². The van der Waals surface area contributed by atoms with Crippen LogP contribution in [0, 0.1) is 11.7 Å². The number of carbonyl (C=O) groups excluding carboxylic acids is 1. The molecule has 3 rings (SSSR count). The molecule has 1 unspecified atom stereocenters. The lowest BCUT2D eigenvalue weighted by Crippen LogP contribution is -2.46. The van der Waals surface area contributed by atoms with E-state index in [0.717, 1.165) is 50.3 Å². The molecule has 1 aliphatic carbocycles. The summed E-state index contributed by atoms with van der Waals surface area (Å²) in [6.45, 7) is 2.26. The second kappa shape index (κ2) is 11.6. The first-order chi connectivity index (χ1) is 13.2. The van der Waals surface area contributed by atoms with Crippen LogP contribution in [0.3, 0.4) is 0 Å². The second-order valence-electron chi connectivity index (χ2n) is 7.63. The largest absolute Gasteiger partial charge is 0.356 e. The van der Waals surface area contributed by atoms with Gasteiger partial charge in [0.25, 0.3) is 0 Å². The van der Waals surface area contributed by atoms with Crippen LogP contribution in [0.4, 0.5) is 4.39 Å². The first kappa shape index (κ1) is 22.9. The number of rotatable bonds is 5. The van der Waals surface area contributed by atoms with Gasteiger partial charge in [-0.05, 0) is 43.4 Å². The van der Waals surface area contributed by atoms with Gasteiger partial charge in [0.2, 0.25) is 5.91 Å². The SMILES string of the molecule is CN=C(NCCc1cccc(F)c1)NC1CCN(C(=O)C2CCCCC2)C1.I. The van der Waals surface area contributed by atoms with Crippen LogP contribution in [-0.2, 0) is 11.2 Å². The smallest absolute Gasteiger partial charge is 0.225 e. The standard InChI is InChI=1S/C21H31FN4O.HI/c1-23-21(24-12-10-16-6-5-9-18(22)14-16)25-19-11-13-26(15-19)20(27)17-7-3-2-4-8-17;/h5-6,9,14,17,19H,2-4,7-8,10-13,15H2,1H3,(H2,23,24,25);1H. The summed E-state index contributed by atoms with van der Waals surface area (Å²) in [6.07, 6.45) is 7.43. The van der Waals surface area contributed by atoms with Gasteiger partial charge in [-0.15, -0.1) is 24.0 Å². The van der Waals surface area contributed by atoms with Crippen LogP contribution in [0.5, 0.6) is 0 Å². The van der Waals surface area contributed by atoms with Gasteiger partial charge in [-0.25, -0.2) is 4.39 Å². The van der Waals surface area contributed by atoms with Crippen LogP contribution >= 0.6 is 24.0 Å². The molecule has 1 aromatic rings. The molecule has 0 radical (unpaired) electrons. The maximum Gasteiger partial charge on any atom is 0.225 e. The fourth-order valence-corrected chi connectivity index (χ4v) is 4.09. The summed E-state index contributed by atoms with van der Waals surface area (Å²) in [5.74, 6) is 1.11. The van der Waals surface area contributed by atoms with E-state index in [2.05, 4.69) is 15.6 Å². The highest BCUT2D eigenvalue weighted by atomic mass is 127. The maximum atomic E-state index is 13.2. The number of likely N-dealkylation sites (tertiary alicyclic amines) is 1. The Morgan fingerprint density at radius 3 is 2.75 bits per heavy atom. The van der Waals surface area contributed by atoms with E-state index in [1.54, 1.807) is 19.2 Å². The summed E-state index contributed by atoms with van der Waals surface area (Å²) in [5.41, 5.74) is 0.961. The zero-order valence-corrected chi connectivity index (χ0v) is 19.0. The van der Waals surface area contributed by atoms with E-state index in [1.165, 1.54) is 25.3 Å². The number of guanidine groups is 1. The lowest BCUT2D eigenvalue weighted by molar-refractivity contribution is -0.135. The Hall–Kier alpha value is -1.38. The minimum absolute atomic E-state index is 0. The fraction of sp³-hybridized carbons (Fsp3) is 0.619. The number of hydrogen-bond acceptors (Lipinski definition) is 2. The van der Waals surface area contributed by atoms with Crippen LogP contribution in [0.2, 0.25) is 0 Å². The Kier molecular flexibility index (Phi) is 9.47. The molecule has 28 heavy (non-hydrogen) atoms. The number of hydrogen-bond donors (Lipinski definition) is 2. The van der Waals surface area contributed by atoms with Crippen molar-refractivity contribution >= 4 is 35.8 Å². The molecule has 0 bridgehead atoms. The zero-order chi connectivity index (χ0) is 19.1. The first-order valence-electron chi connectivity index (χ1n) is 10.2. The van der Waals surface area contributed by atoms with E-state index in [4.69, 9.17) is 0 Å². The number of nitrogens with zero attached hydrogens (tertiary/aromatic N) is 2. The minimum atomic E-state index is -0.205. The Morgan fingerprint density at radius 1 is 1.25 bits per heavy atom. The van der Waals surface area contributed by atoms with Gasteiger partial charge in [-0.1, -0.05) is 31.4 Å². The molecule has 2 fully saturated rings. The highest BCUT2D eigenvalue weighted by Crippen LogP contribution is 2.26. The molecule has 1 aliphatic heterocycles. The molecular weight excluding hydrogens is 470 g/mol. The fourth-order valence-electron chi connectivity index (χ4n) is 4.09. The summed E-state index contributed by atoms with van der Waals surface area (Å²) >= 11 is 0. The Labute approximate surface area is 184 Å². The molecule has 7 heteroatoms. The summed E-state index contributed by atoms with van der Waals surface area (Å²) < 4.78 is 13.2. The van der Waals surface area contributed by atoms with E-state index in [-0.39, 0.29) is 41.8 Å². The van der Waals surface area contributed by atoms with Gasteiger partial charge in [0, 0.05) is 38.6 Å². The van der Waals surface area contributed by atoms with Crippen molar-refractivity contribution in [1.29, 1.82) is 0 Å². The molecule has 0 spiro atoms. The third kappa shape index (κ3) is 6.60. The van der Waals surface area contributed by atoms with E-state index in [9.17, 15) is 9.18 Å². The molecule has 1 aromatic carbocycles. The average molecular weight is 502 g/mol. The molecule has 1 saturated carbocycles. The van der Waals surface area contributed by atoms with Crippen molar-refractivity contribution in [2.75, 3.05) is 26.7 Å². The van der Waals surface area contributed by atoms with E-state index >= 15 is 0 Å². The zero-order valence-electron chi connectivity index (χ0n) is 16.6. The van der Waals surface area contributed by atoms with Crippen molar-refractivity contribution in [3.05, 3.63) is 35.6 Å². The Balaban J connectivity index is 0.00000280. The third-order valence-electron chi connectivity index (χ3n) is 5.61. The molecule has 1 saturated heterocycles. The number of amides is 1.